The van der Waals surface area contributed by atoms with E-state index in [9.17, 15) is 20.0 Å². The third-order valence-electron chi connectivity index (χ3n) is 6.65. The normalized spacial score (nSPS) is 33.5. The number of carbonyl (C=O) groups excluding carboxylic acids is 2. The molecule has 28 heavy (non-hydrogen) atoms. The third kappa shape index (κ3) is 1.96. The Morgan fingerprint density at radius 1 is 1.29 bits per heavy atom. The molecule has 1 N–H and O–H groups in total. The molecule has 4 atom stereocenters. The summed E-state index contributed by atoms with van der Waals surface area (Å²) in [6.45, 7) is 1.80. The molecule has 3 aliphatic heterocycles. The zero-order valence-corrected chi connectivity index (χ0v) is 15.4. The van der Waals surface area contributed by atoms with E-state index in [0.717, 1.165) is 0 Å². The summed E-state index contributed by atoms with van der Waals surface area (Å²) in [6, 6.07) is 8.83. The van der Waals surface area contributed by atoms with Crippen molar-refractivity contribution in [3.05, 3.63) is 36.0 Å². The van der Waals surface area contributed by atoms with E-state index in [1.807, 2.05) is 6.92 Å². The van der Waals surface area contributed by atoms with Gasteiger partial charge < -0.3 is 9.84 Å². The van der Waals surface area contributed by atoms with Crippen LogP contribution in [0.15, 0.2) is 30.5 Å². The van der Waals surface area contributed by atoms with Crippen molar-refractivity contribution in [2.75, 3.05) is 11.5 Å². The zero-order chi connectivity index (χ0) is 19.7. The number of amides is 2. The maximum atomic E-state index is 13.5. The summed E-state index contributed by atoms with van der Waals surface area (Å²) in [7, 11) is 0. The Bertz CT molecular complexity index is 1070. The smallest absolute Gasteiger partial charge is 0.240 e. The van der Waals surface area contributed by atoms with Crippen molar-refractivity contribution < 1.29 is 19.4 Å². The molecule has 4 heterocycles. The lowest BCUT2D eigenvalue weighted by molar-refractivity contribution is -0.131. The molecule has 0 aliphatic carbocycles. The quantitative estimate of drug-likeness (QED) is 0.820. The maximum Gasteiger partial charge on any atom is 0.240 e. The van der Waals surface area contributed by atoms with E-state index in [-0.39, 0.29) is 18.4 Å². The molecule has 2 aromatic rings. The number of aromatic nitrogens is 1. The highest BCUT2D eigenvalue weighted by Gasteiger charge is 2.73. The average molecular weight is 377 g/mol. The lowest BCUT2D eigenvalue weighted by atomic mass is 9.67. The average Bonchev–Trinajstić information content (AvgIpc) is 3.26. The van der Waals surface area contributed by atoms with Gasteiger partial charge >= 0.3 is 0 Å². The number of rotatable bonds is 3. The number of hydrogen-bond donors (Lipinski definition) is 1. The molecule has 2 bridgehead atoms. The Labute approximate surface area is 161 Å². The summed E-state index contributed by atoms with van der Waals surface area (Å²) >= 11 is 0. The fraction of sp³-hybridized carbons (Fsp3) is 0.429. The Balaban J connectivity index is 1.67. The number of nitrogens with zero attached hydrogens (tertiary/aromatic N) is 3. The Morgan fingerprint density at radius 3 is 2.82 bits per heavy atom. The predicted octanol–water partition coefficient (Wildman–Crippen LogP) is 1.92. The van der Waals surface area contributed by atoms with Crippen LogP contribution in [0.4, 0.5) is 5.69 Å². The van der Waals surface area contributed by atoms with E-state index < -0.39 is 23.0 Å². The standard InChI is InChI=1S/C21H19N3O4/c1-20-6-7-21(28-20,8-10-25)16-15(20)18(26)24(19(16)27)14-5-4-12(11-22)17-13(14)3-2-9-23-17/h2-5,9,15-16,25H,6-8,10H2,1H3/t15-,16+,20?,21?/m0/s1. The molecule has 1 aromatic carbocycles. The summed E-state index contributed by atoms with van der Waals surface area (Å²) in [5.74, 6) is -1.70. The van der Waals surface area contributed by atoms with E-state index in [1.165, 1.54) is 4.90 Å². The van der Waals surface area contributed by atoms with Gasteiger partial charge in [-0.2, -0.15) is 5.26 Å². The molecule has 142 valence electrons. The number of ether oxygens (including phenoxy) is 1. The highest BCUT2D eigenvalue weighted by Crippen LogP contribution is 2.62. The first-order valence-electron chi connectivity index (χ1n) is 9.42. The summed E-state index contributed by atoms with van der Waals surface area (Å²) in [6.07, 6.45) is 3.28. The van der Waals surface area contributed by atoms with Crippen molar-refractivity contribution in [2.45, 2.75) is 37.4 Å². The molecular formula is C21H19N3O4. The molecule has 3 saturated heterocycles. The monoisotopic (exact) mass is 377 g/mol. The SMILES string of the molecule is CC12CCC(CCO)(O1)[C@H]1C(=O)N(c3ccc(C#N)c4ncccc34)C(=O)[C@H]12. The van der Waals surface area contributed by atoms with Gasteiger partial charge in [0.2, 0.25) is 11.8 Å². The van der Waals surface area contributed by atoms with Gasteiger partial charge in [-0.1, -0.05) is 0 Å². The van der Waals surface area contributed by atoms with E-state index in [2.05, 4.69) is 11.1 Å². The largest absolute Gasteiger partial charge is 0.396 e. The summed E-state index contributed by atoms with van der Waals surface area (Å²) < 4.78 is 6.22. The van der Waals surface area contributed by atoms with Gasteiger partial charge in [0.15, 0.2) is 0 Å². The van der Waals surface area contributed by atoms with Crippen LogP contribution in [0.3, 0.4) is 0 Å². The van der Waals surface area contributed by atoms with Crippen molar-refractivity contribution >= 4 is 28.4 Å². The second-order valence-corrected chi connectivity index (χ2v) is 8.06. The van der Waals surface area contributed by atoms with Crippen LogP contribution in [0.25, 0.3) is 10.9 Å². The first kappa shape index (κ1) is 17.3. The van der Waals surface area contributed by atoms with Gasteiger partial charge in [-0.05, 0) is 44.0 Å². The van der Waals surface area contributed by atoms with Crippen LogP contribution in [-0.4, -0.2) is 39.7 Å². The lowest BCUT2D eigenvalue weighted by Crippen LogP contribution is -2.42. The number of aliphatic hydroxyl groups is 1. The molecule has 0 radical (unpaired) electrons. The number of aliphatic hydroxyl groups excluding tert-OH is 1. The summed E-state index contributed by atoms with van der Waals surface area (Å²) in [5, 5.41) is 19.5. The van der Waals surface area contributed by atoms with Crippen molar-refractivity contribution in [3.63, 3.8) is 0 Å². The molecular weight excluding hydrogens is 358 g/mol. The number of hydrogen-bond acceptors (Lipinski definition) is 6. The number of imide groups is 1. The third-order valence-corrected chi connectivity index (χ3v) is 6.65. The molecule has 7 nitrogen and oxygen atoms in total. The molecule has 3 aliphatic rings. The van der Waals surface area contributed by atoms with E-state index in [0.29, 0.717) is 41.4 Å². The molecule has 0 spiro atoms. The number of benzene rings is 1. The minimum absolute atomic E-state index is 0.0928. The molecule has 7 heteroatoms. The molecule has 2 unspecified atom stereocenters. The molecule has 5 rings (SSSR count). The number of anilines is 1. The first-order valence-corrected chi connectivity index (χ1v) is 9.42. The van der Waals surface area contributed by atoms with Gasteiger partial charge in [0.05, 0.1) is 39.8 Å². The molecule has 0 saturated carbocycles. The molecule has 3 fully saturated rings. The minimum Gasteiger partial charge on any atom is -0.396 e. The highest BCUT2D eigenvalue weighted by atomic mass is 16.5. The second kappa shape index (κ2) is 5.60. The van der Waals surface area contributed by atoms with E-state index in [4.69, 9.17) is 4.74 Å². The van der Waals surface area contributed by atoms with Crippen LogP contribution in [0.1, 0.15) is 31.7 Å². The van der Waals surface area contributed by atoms with Crippen LogP contribution < -0.4 is 4.90 Å². The number of pyridine rings is 1. The van der Waals surface area contributed by atoms with Crippen LogP contribution in [0, 0.1) is 23.2 Å². The molecule has 2 amide bonds. The van der Waals surface area contributed by atoms with E-state index >= 15 is 0 Å². The number of fused-ring (bicyclic) bond motifs is 6. The van der Waals surface area contributed by atoms with Crippen molar-refractivity contribution in [2.24, 2.45) is 11.8 Å². The topological polar surface area (TPSA) is 104 Å². The summed E-state index contributed by atoms with van der Waals surface area (Å²) in [5.41, 5.74) is -0.159. The minimum atomic E-state index is -0.781. The van der Waals surface area contributed by atoms with Crippen LogP contribution in [0.5, 0.6) is 0 Å². The van der Waals surface area contributed by atoms with Gasteiger partial charge in [0.1, 0.15) is 6.07 Å². The van der Waals surface area contributed by atoms with E-state index in [1.54, 1.807) is 30.5 Å². The van der Waals surface area contributed by atoms with Crippen molar-refractivity contribution in [1.82, 2.24) is 4.98 Å². The number of carbonyl (C=O) groups is 2. The van der Waals surface area contributed by atoms with Crippen LogP contribution in [-0.2, 0) is 14.3 Å². The van der Waals surface area contributed by atoms with Gasteiger partial charge in [-0.15, -0.1) is 0 Å². The van der Waals surface area contributed by atoms with Gasteiger partial charge in [-0.25, -0.2) is 4.90 Å². The van der Waals surface area contributed by atoms with Crippen molar-refractivity contribution in [3.8, 4) is 6.07 Å². The maximum absolute atomic E-state index is 13.5. The molecule has 1 aromatic heterocycles. The van der Waals surface area contributed by atoms with Gasteiger partial charge in [0, 0.05) is 24.6 Å². The van der Waals surface area contributed by atoms with Gasteiger partial charge in [-0.3, -0.25) is 14.6 Å². The second-order valence-electron chi connectivity index (χ2n) is 8.06. The number of nitriles is 1. The van der Waals surface area contributed by atoms with Gasteiger partial charge in [0.25, 0.3) is 0 Å². The highest BCUT2D eigenvalue weighted by molar-refractivity contribution is 6.26. The predicted molar refractivity (Wildman–Crippen MR) is 99.1 cm³/mol. The fourth-order valence-corrected chi connectivity index (χ4v) is 5.48. The van der Waals surface area contributed by atoms with Crippen LogP contribution >= 0.6 is 0 Å². The fourth-order valence-electron chi connectivity index (χ4n) is 5.48. The zero-order valence-electron chi connectivity index (χ0n) is 15.4. The lowest BCUT2D eigenvalue weighted by Gasteiger charge is -2.30. The summed E-state index contributed by atoms with van der Waals surface area (Å²) in [4.78, 5) is 32.4. The Hall–Kier alpha value is -2.82. The Kier molecular flexibility index (Phi) is 3.46. The first-order chi connectivity index (χ1) is 13.5. The Morgan fingerprint density at radius 2 is 2.07 bits per heavy atom. The van der Waals surface area contributed by atoms with Crippen molar-refractivity contribution in [1.29, 1.82) is 5.26 Å². The van der Waals surface area contributed by atoms with Crippen LogP contribution in [0.2, 0.25) is 0 Å².